The molecule has 26 heavy (non-hydrogen) atoms. The van der Waals surface area contributed by atoms with Crippen LogP contribution in [0.3, 0.4) is 0 Å². The van der Waals surface area contributed by atoms with Crippen LogP contribution in [0.15, 0.2) is 30.3 Å². The SMILES string of the molecule is COCCN1CCN(CC(=O)N2CCN(Cc3ccccc3)CC2)CC1. The smallest absolute Gasteiger partial charge is 0.236 e. The molecule has 1 aromatic rings. The first-order valence-corrected chi connectivity index (χ1v) is 9.72. The first-order valence-electron chi connectivity index (χ1n) is 9.72. The highest BCUT2D eigenvalue weighted by molar-refractivity contribution is 5.78. The molecule has 1 aromatic carbocycles. The van der Waals surface area contributed by atoms with Gasteiger partial charge in [-0.3, -0.25) is 19.5 Å². The van der Waals surface area contributed by atoms with Gasteiger partial charge in [-0.25, -0.2) is 0 Å². The lowest BCUT2D eigenvalue weighted by atomic mass is 10.2. The van der Waals surface area contributed by atoms with Gasteiger partial charge in [-0.2, -0.15) is 0 Å². The van der Waals surface area contributed by atoms with E-state index in [1.54, 1.807) is 7.11 Å². The molecule has 0 spiro atoms. The maximum atomic E-state index is 12.6. The second-order valence-electron chi connectivity index (χ2n) is 7.25. The molecule has 0 radical (unpaired) electrons. The quantitative estimate of drug-likeness (QED) is 0.712. The van der Waals surface area contributed by atoms with Crippen molar-refractivity contribution in [2.45, 2.75) is 6.54 Å². The summed E-state index contributed by atoms with van der Waals surface area (Å²) in [6, 6.07) is 10.6. The molecule has 3 rings (SSSR count). The fourth-order valence-electron chi connectivity index (χ4n) is 3.68. The van der Waals surface area contributed by atoms with Gasteiger partial charge in [0, 0.05) is 72.6 Å². The van der Waals surface area contributed by atoms with Gasteiger partial charge in [-0.1, -0.05) is 30.3 Å². The van der Waals surface area contributed by atoms with Gasteiger partial charge in [-0.05, 0) is 5.56 Å². The van der Waals surface area contributed by atoms with E-state index >= 15 is 0 Å². The van der Waals surface area contributed by atoms with Crippen molar-refractivity contribution in [3.8, 4) is 0 Å². The Morgan fingerprint density at radius 2 is 1.50 bits per heavy atom. The number of piperazine rings is 2. The van der Waals surface area contributed by atoms with Crippen LogP contribution in [0.5, 0.6) is 0 Å². The van der Waals surface area contributed by atoms with Crippen LogP contribution in [-0.2, 0) is 16.1 Å². The van der Waals surface area contributed by atoms with Crippen molar-refractivity contribution in [1.29, 1.82) is 0 Å². The van der Waals surface area contributed by atoms with Gasteiger partial charge in [0.25, 0.3) is 0 Å². The maximum Gasteiger partial charge on any atom is 0.236 e. The molecule has 0 unspecified atom stereocenters. The Bertz CT molecular complexity index is 538. The third-order valence-electron chi connectivity index (χ3n) is 5.41. The van der Waals surface area contributed by atoms with Crippen molar-refractivity contribution in [3.63, 3.8) is 0 Å². The first kappa shape index (κ1) is 19.3. The van der Waals surface area contributed by atoms with E-state index in [9.17, 15) is 4.79 Å². The van der Waals surface area contributed by atoms with Crippen LogP contribution in [0.25, 0.3) is 0 Å². The van der Waals surface area contributed by atoms with Crippen molar-refractivity contribution in [2.24, 2.45) is 0 Å². The summed E-state index contributed by atoms with van der Waals surface area (Å²) in [6.07, 6.45) is 0. The number of carbonyl (C=O) groups is 1. The van der Waals surface area contributed by atoms with Gasteiger partial charge in [0.05, 0.1) is 13.2 Å². The standard InChI is InChI=1S/C20H32N4O2/c1-26-16-15-21-7-9-23(10-8-21)18-20(25)24-13-11-22(12-14-24)17-19-5-3-2-4-6-19/h2-6H,7-18H2,1H3. The van der Waals surface area contributed by atoms with Crippen LogP contribution in [0.2, 0.25) is 0 Å². The molecule has 0 atom stereocenters. The molecule has 0 aromatic heterocycles. The lowest BCUT2D eigenvalue weighted by molar-refractivity contribution is -0.134. The van der Waals surface area contributed by atoms with Gasteiger partial charge in [0.2, 0.25) is 5.91 Å². The van der Waals surface area contributed by atoms with Crippen molar-refractivity contribution >= 4 is 5.91 Å². The third kappa shape index (κ3) is 5.77. The number of methoxy groups -OCH3 is 1. The highest BCUT2D eigenvalue weighted by Crippen LogP contribution is 2.09. The molecule has 2 aliphatic heterocycles. The van der Waals surface area contributed by atoms with Gasteiger partial charge in [0.1, 0.15) is 0 Å². The van der Waals surface area contributed by atoms with Crippen LogP contribution in [0.4, 0.5) is 0 Å². The minimum absolute atomic E-state index is 0.287. The minimum atomic E-state index is 0.287. The molecular weight excluding hydrogens is 328 g/mol. The summed E-state index contributed by atoms with van der Waals surface area (Å²) in [4.78, 5) is 21.8. The molecule has 1 amide bonds. The molecule has 2 heterocycles. The Hall–Kier alpha value is -1.47. The summed E-state index contributed by atoms with van der Waals surface area (Å²) in [5.74, 6) is 0.287. The fourth-order valence-corrected chi connectivity index (χ4v) is 3.68. The summed E-state index contributed by atoms with van der Waals surface area (Å²) in [5.41, 5.74) is 1.35. The minimum Gasteiger partial charge on any atom is -0.383 e. The number of rotatable bonds is 7. The highest BCUT2D eigenvalue weighted by atomic mass is 16.5. The van der Waals surface area contributed by atoms with E-state index in [1.165, 1.54) is 5.56 Å². The Morgan fingerprint density at radius 1 is 0.885 bits per heavy atom. The van der Waals surface area contributed by atoms with Crippen molar-refractivity contribution in [1.82, 2.24) is 19.6 Å². The van der Waals surface area contributed by atoms with Crippen molar-refractivity contribution in [2.75, 3.05) is 79.2 Å². The Balaban J connectivity index is 1.35. The van der Waals surface area contributed by atoms with Crippen molar-refractivity contribution in [3.05, 3.63) is 35.9 Å². The first-order chi connectivity index (χ1) is 12.7. The number of carbonyl (C=O) groups excluding carboxylic acids is 1. The number of hydrogen-bond acceptors (Lipinski definition) is 5. The number of hydrogen-bond donors (Lipinski definition) is 0. The van der Waals surface area contributed by atoms with Crippen LogP contribution < -0.4 is 0 Å². The average Bonchev–Trinajstić information content (AvgIpc) is 2.69. The van der Waals surface area contributed by atoms with Crippen LogP contribution in [-0.4, -0.2) is 105 Å². The van der Waals surface area contributed by atoms with E-state index < -0.39 is 0 Å². The number of benzene rings is 1. The molecule has 0 saturated carbocycles. The van der Waals surface area contributed by atoms with Crippen molar-refractivity contribution < 1.29 is 9.53 Å². The molecule has 2 saturated heterocycles. The zero-order valence-corrected chi connectivity index (χ0v) is 16.0. The summed E-state index contributed by atoms with van der Waals surface area (Å²) < 4.78 is 5.14. The summed E-state index contributed by atoms with van der Waals surface area (Å²) in [7, 11) is 1.74. The predicted molar refractivity (Wildman–Crippen MR) is 103 cm³/mol. The number of amides is 1. The normalized spacial score (nSPS) is 20.4. The predicted octanol–water partition coefficient (Wildman–Crippen LogP) is 0.595. The Labute approximate surface area is 157 Å². The molecule has 0 N–H and O–H groups in total. The number of nitrogens with zero attached hydrogens (tertiary/aromatic N) is 4. The maximum absolute atomic E-state index is 12.6. The van der Waals surface area contributed by atoms with E-state index in [1.807, 2.05) is 4.90 Å². The molecule has 6 nitrogen and oxygen atoms in total. The zero-order chi connectivity index (χ0) is 18.2. The molecule has 0 bridgehead atoms. The van der Waals surface area contributed by atoms with E-state index in [0.29, 0.717) is 6.54 Å². The topological polar surface area (TPSA) is 39.3 Å². The Kier molecular flexibility index (Phi) is 7.43. The van der Waals surface area contributed by atoms with Gasteiger partial charge < -0.3 is 9.64 Å². The summed E-state index contributed by atoms with van der Waals surface area (Å²) in [6.45, 7) is 10.9. The largest absolute Gasteiger partial charge is 0.383 e. The monoisotopic (exact) mass is 360 g/mol. The Morgan fingerprint density at radius 3 is 2.15 bits per heavy atom. The van der Waals surface area contributed by atoms with Crippen LogP contribution in [0.1, 0.15) is 5.56 Å². The van der Waals surface area contributed by atoms with Crippen LogP contribution >= 0.6 is 0 Å². The second-order valence-corrected chi connectivity index (χ2v) is 7.25. The summed E-state index contributed by atoms with van der Waals surface area (Å²) in [5, 5.41) is 0. The van der Waals surface area contributed by atoms with E-state index in [-0.39, 0.29) is 5.91 Å². The number of ether oxygens (including phenoxy) is 1. The lowest BCUT2D eigenvalue weighted by Gasteiger charge is -2.38. The molecule has 6 heteroatoms. The van der Waals surface area contributed by atoms with Crippen LogP contribution in [0, 0.1) is 0 Å². The van der Waals surface area contributed by atoms with E-state index in [4.69, 9.17) is 4.74 Å². The highest BCUT2D eigenvalue weighted by Gasteiger charge is 2.24. The molecular formula is C20H32N4O2. The molecule has 2 fully saturated rings. The molecule has 2 aliphatic rings. The van der Waals surface area contributed by atoms with E-state index in [0.717, 1.165) is 72.1 Å². The average molecular weight is 361 g/mol. The second kappa shape index (κ2) is 10.0. The third-order valence-corrected chi connectivity index (χ3v) is 5.41. The van der Waals surface area contributed by atoms with Gasteiger partial charge >= 0.3 is 0 Å². The van der Waals surface area contributed by atoms with Gasteiger partial charge in [-0.15, -0.1) is 0 Å². The fraction of sp³-hybridized carbons (Fsp3) is 0.650. The molecule has 0 aliphatic carbocycles. The van der Waals surface area contributed by atoms with Gasteiger partial charge in [0.15, 0.2) is 0 Å². The summed E-state index contributed by atoms with van der Waals surface area (Å²) >= 11 is 0. The zero-order valence-electron chi connectivity index (χ0n) is 16.0. The van der Waals surface area contributed by atoms with E-state index in [2.05, 4.69) is 45.0 Å². The molecule has 144 valence electrons. The lowest BCUT2D eigenvalue weighted by Crippen LogP contribution is -2.53.